The number of nitrogens with one attached hydrogen (secondary N) is 1. The van der Waals surface area contributed by atoms with Gasteiger partial charge in [-0.05, 0) is 18.9 Å². The Kier molecular flexibility index (Phi) is 4.55. The minimum atomic E-state index is -0.621. The number of hydrogen-bond donors (Lipinski definition) is 1. The van der Waals surface area contributed by atoms with Gasteiger partial charge >= 0.3 is 5.69 Å². The van der Waals surface area contributed by atoms with Crippen LogP contribution in [-0.2, 0) is 14.1 Å². The van der Waals surface area contributed by atoms with Gasteiger partial charge in [0.15, 0.2) is 5.56 Å². The average Bonchev–Trinajstić information content (AvgIpc) is 2.81. The van der Waals surface area contributed by atoms with E-state index < -0.39 is 11.2 Å². The molecule has 0 saturated heterocycles. The van der Waals surface area contributed by atoms with Gasteiger partial charge in [0.05, 0.1) is 17.7 Å². The van der Waals surface area contributed by atoms with Crippen molar-refractivity contribution in [3.05, 3.63) is 55.2 Å². The SMILES string of the molecule is Cn1c(NC2CCCOc3c(Cl)cccc32)c(C#N)c(=O)n(C)c1=O. The molecule has 0 spiro atoms. The average molecular weight is 361 g/mol. The Morgan fingerprint density at radius 1 is 1.32 bits per heavy atom. The molecule has 1 N–H and O–H groups in total. The van der Waals surface area contributed by atoms with Crippen molar-refractivity contribution in [3.8, 4) is 11.8 Å². The Labute approximate surface area is 149 Å². The van der Waals surface area contributed by atoms with E-state index in [4.69, 9.17) is 16.3 Å². The molecule has 0 saturated carbocycles. The number of hydrogen-bond acceptors (Lipinski definition) is 5. The van der Waals surface area contributed by atoms with Crippen molar-refractivity contribution in [2.45, 2.75) is 18.9 Å². The van der Waals surface area contributed by atoms with Crippen molar-refractivity contribution < 1.29 is 4.74 Å². The van der Waals surface area contributed by atoms with Crippen LogP contribution in [0.25, 0.3) is 0 Å². The van der Waals surface area contributed by atoms with E-state index in [1.54, 1.807) is 6.07 Å². The molecule has 130 valence electrons. The summed E-state index contributed by atoms with van der Waals surface area (Å²) in [6.45, 7) is 0.523. The fourth-order valence-electron chi connectivity index (χ4n) is 3.00. The highest BCUT2D eigenvalue weighted by molar-refractivity contribution is 6.32. The van der Waals surface area contributed by atoms with Crippen LogP contribution in [0.2, 0.25) is 5.02 Å². The lowest BCUT2D eigenvalue weighted by Crippen LogP contribution is -2.40. The van der Waals surface area contributed by atoms with Crippen molar-refractivity contribution >= 4 is 17.4 Å². The minimum absolute atomic E-state index is 0.0988. The minimum Gasteiger partial charge on any atom is -0.492 e. The largest absolute Gasteiger partial charge is 0.492 e. The Hall–Kier alpha value is -2.72. The molecule has 0 fully saturated rings. The number of fused-ring (bicyclic) bond motifs is 1. The van der Waals surface area contributed by atoms with E-state index in [-0.39, 0.29) is 17.4 Å². The van der Waals surface area contributed by atoms with Crippen molar-refractivity contribution in [3.63, 3.8) is 0 Å². The molecule has 7 nitrogen and oxygen atoms in total. The van der Waals surface area contributed by atoms with Gasteiger partial charge in [0.1, 0.15) is 17.6 Å². The maximum atomic E-state index is 12.2. The van der Waals surface area contributed by atoms with E-state index in [2.05, 4.69) is 5.32 Å². The predicted octanol–water partition coefficient (Wildman–Crippen LogP) is 1.93. The van der Waals surface area contributed by atoms with Crippen molar-refractivity contribution in [1.82, 2.24) is 9.13 Å². The molecule has 0 radical (unpaired) electrons. The van der Waals surface area contributed by atoms with Gasteiger partial charge in [0, 0.05) is 19.7 Å². The molecule has 1 aliphatic rings. The van der Waals surface area contributed by atoms with Gasteiger partial charge < -0.3 is 10.1 Å². The first-order chi connectivity index (χ1) is 12.0. The molecule has 0 bridgehead atoms. The summed E-state index contributed by atoms with van der Waals surface area (Å²) >= 11 is 6.23. The van der Waals surface area contributed by atoms with Crippen LogP contribution < -0.4 is 21.3 Å². The second-order valence-electron chi connectivity index (χ2n) is 5.89. The van der Waals surface area contributed by atoms with Crippen LogP contribution in [0.1, 0.15) is 30.0 Å². The van der Waals surface area contributed by atoms with Gasteiger partial charge in [-0.1, -0.05) is 23.7 Å². The highest BCUT2D eigenvalue weighted by Gasteiger charge is 2.24. The number of halogens is 1. The number of nitriles is 1. The molecule has 1 aromatic heterocycles. The topological polar surface area (TPSA) is 89.1 Å². The zero-order valence-corrected chi connectivity index (χ0v) is 14.6. The van der Waals surface area contributed by atoms with Gasteiger partial charge in [-0.25, -0.2) is 4.79 Å². The number of benzene rings is 1. The van der Waals surface area contributed by atoms with Crippen LogP contribution in [0.15, 0.2) is 27.8 Å². The maximum Gasteiger partial charge on any atom is 0.332 e. The molecule has 0 amide bonds. The molecule has 3 rings (SSSR count). The van der Waals surface area contributed by atoms with E-state index in [0.717, 1.165) is 16.6 Å². The highest BCUT2D eigenvalue weighted by Crippen LogP contribution is 2.38. The zero-order valence-electron chi connectivity index (χ0n) is 13.9. The van der Waals surface area contributed by atoms with Crippen molar-refractivity contribution in [1.29, 1.82) is 5.26 Å². The van der Waals surface area contributed by atoms with Gasteiger partial charge in [-0.2, -0.15) is 5.26 Å². The van der Waals surface area contributed by atoms with E-state index in [1.165, 1.54) is 18.7 Å². The third-order valence-corrected chi connectivity index (χ3v) is 4.64. The summed E-state index contributed by atoms with van der Waals surface area (Å²) < 4.78 is 7.92. The summed E-state index contributed by atoms with van der Waals surface area (Å²) in [4.78, 5) is 24.5. The highest BCUT2D eigenvalue weighted by atomic mass is 35.5. The lowest BCUT2D eigenvalue weighted by Gasteiger charge is -2.22. The number of rotatable bonds is 2. The molecule has 8 heteroatoms. The smallest absolute Gasteiger partial charge is 0.332 e. The summed E-state index contributed by atoms with van der Waals surface area (Å²) in [5.74, 6) is 0.792. The summed E-state index contributed by atoms with van der Waals surface area (Å²) in [7, 11) is 2.88. The fourth-order valence-corrected chi connectivity index (χ4v) is 3.23. The number of anilines is 1. The second kappa shape index (κ2) is 6.65. The predicted molar refractivity (Wildman–Crippen MR) is 94.2 cm³/mol. The number of para-hydroxylation sites is 1. The first-order valence-corrected chi connectivity index (χ1v) is 8.21. The van der Waals surface area contributed by atoms with Crippen LogP contribution in [0.4, 0.5) is 5.82 Å². The molecule has 2 heterocycles. The lowest BCUT2D eigenvalue weighted by molar-refractivity contribution is 0.316. The van der Waals surface area contributed by atoms with Gasteiger partial charge in [0.25, 0.3) is 5.56 Å². The van der Waals surface area contributed by atoms with E-state index in [1.807, 2.05) is 18.2 Å². The molecule has 1 aromatic carbocycles. The number of aromatic nitrogens is 2. The summed E-state index contributed by atoms with van der Waals surface area (Å²) in [6, 6.07) is 7.12. The second-order valence-corrected chi connectivity index (χ2v) is 6.29. The Balaban J connectivity index is 2.14. The number of ether oxygens (including phenoxy) is 1. The van der Waals surface area contributed by atoms with Crippen LogP contribution in [-0.4, -0.2) is 15.7 Å². The van der Waals surface area contributed by atoms with E-state index >= 15 is 0 Å². The van der Waals surface area contributed by atoms with Crippen LogP contribution in [0.3, 0.4) is 0 Å². The molecule has 25 heavy (non-hydrogen) atoms. The summed E-state index contributed by atoms with van der Waals surface area (Å²) in [5.41, 5.74) is -0.382. The normalized spacial score (nSPS) is 16.3. The molecule has 2 aromatic rings. The lowest BCUT2D eigenvalue weighted by atomic mass is 10.0. The summed E-state index contributed by atoms with van der Waals surface area (Å²) in [6.07, 6.45) is 1.48. The third-order valence-electron chi connectivity index (χ3n) is 4.34. The first-order valence-electron chi connectivity index (χ1n) is 7.83. The Morgan fingerprint density at radius 3 is 2.80 bits per heavy atom. The van der Waals surface area contributed by atoms with Crippen LogP contribution in [0, 0.1) is 11.3 Å². The van der Waals surface area contributed by atoms with Gasteiger partial charge in [-0.3, -0.25) is 13.9 Å². The molecule has 1 atom stereocenters. The van der Waals surface area contributed by atoms with Crippen molar-refractivity contribution in [2.24, 2.45) is 14.1 Å². The number of nitrogens with zero attached hydrogens (tertiary/aromatic N) is 3. The third kappa shape index (κ3) is 2.89. The molecule has 1 unspecified atom stereocenters. The van der Waals surface area contributed by atoms with Crippen LogP contribution >= 0.6 is 11.6 Å². The van der Waals surface area contributed by atoms with E-state index in [9.17, 15) is 14.9 Å². The van der Waals surface area contributed by atoms with E-state index in [0.29, 0.717) is 23.8 Å². The Bertz CT molecular complexity index is 987. The summed E-state index contributed by atoms with van der Waals surface area (Å²) in [5, 5.41) is 13.1. The maximum absolute atomic E-state index is 12.2. The van der Waals surface area contributed by atoms with Crippen LogP contribution in [0.5, 0.6) is 5.75 Å². The Morgan fingerprint density at radius 2 is 2.08 bits per heavy atom. The first kappa shape index (κ1) is 17.1. The fraction of sp³-hybridized carbons (Fsp3) is 0.353. The van der Waals surface area contributed by atoms with Crippen molar-refractivity contribution in [2.75, 3.05) is 11.9 Å². The van der Waals surface area contributed by atoms with Gasteiger partial charge in [-0.15, -0.1) is 0 Å². The van der Waals surface area contributed by atoms with Gasteiger partial charge in [0.2, 0.25) is 0 Å². The molecular weight excluding hydrogens is 344 g/mol. The standard InChI is InChI=1S/C17H17ClN4O3/c1-21-15(11(9-19)16(23)22(2)17(21)24)20-13-7-4-8-25-14-10(13)5-3-6-12(14)18/h3,5-6,13,20H,4,7-8H2,1-2H3. The monoisotopic (exact) mass is 360 g/mol. The molecule has 1 aliphatic heterocycles. The quantitative estimate of drug-likeness (QED) is 0.884. The molecular formula is C17H17ClN4O3. The zero-order chi connectivity index (χ0) is 18.1. The molecule has 0 aliphatic carbocycles.